The number of halogens is 1. The van der Waals surface area contributed by atoms with Crippen molar-refractivity contribution in [2.45, 2.75) is 38.6 Å². The summed E-state index contributed by atoms with van der Waals surface area (Å²) in [6.07, 6.45) is 2.33. The average Bonchev–Trinajstić information content (AvgIpc) is 3.02. The van der Waals surface area contributed by atoms with E-state index in [0.717, 1.165) is 36.0 Å². The van der Waals surface area contributed by atoms with Gasteiger partial charge in [-0.05, 0) is 44.5 Å². The lowest BCUT2D eigenvalue weighted by Crippen LogP contribution is -2.31. The number of benzene rings is 1. The second kappa shape index (κ2) is 4.91. The van der Waals surface area contributed by atoms with Crippen LogP contribution in [0.3, 0.4) is 0 Å². The molecule has 1 atom stereocenters. The van der Waals surface area contributed by atoms with Gasteiger partial charge < -0.3 is 9.88 Å². The van der Waals surface area contributed by atoms with Crippen LogP contribution in [-0.2, 0) is 12.0 Å². The van der Waals surface area contributed by atoms with Crippen LogP contribution in [0.25, 0.3) is 11.0 Å². The fourth-order valence-electron chi connectivity index (χ4n) is 3.22. The lowest BCUT2D eigenvalue weighted by molar-refractivity contribution is 0.408. The van der Waals surface area contributed by atoms with Crippen molar-refractivity contribution in [3.8, 4) is 0 Å². The van der Waals surface area contributed by atoms with Gasteiger partial charge in [-0.2, -0.15) is 0 Å². The van der Waals surface area contributed by atoms with Gasteiger partial charge in [-0.3, -0.25) is 0 Å². The molecule has 3 nitrogen and oxygen atoms in total. The highest BCUT2D eigenvalue weighted by atomic mass is 79.9. The Hall–Kier alpha value is -0.870. The number of fused-ring (bicyclic) bond motifs is 1. The molecule has 1 unspecified atom stereocenters. The summed E-state index contributed by atoms with van der Waals surface area (Å²) in [5.74, 6) is 1.26. The van der Waals surface area contributed by atoms with Crippen LogP contribution in [0.1, 0.15) is 32.5 Å². The predicted molar refractivity (Wildman–Crippen MR) is 82.6 cm³/mol. The van der Waals surface area contributed by atoms with Crippen LogP contribution in [0.15, 0.2) is 22.7 Å². The Morgan fingerprint density at radius 1 is 1.42 bits per heavy atom. The Morgan fingerprint density at radius 2 is 2.26 bits per heavy atom. The number of hydrogen-bond donors (Lipinski definition) is 1. The Balaban J connectivity index is 2.22. The molecule has 4 heteroatoms. The van der Waals surface area contributed by atoms with Crippen molar-refractivity contribution >= 4 is 27.0 Å². The highest BCUT2D eigenvalue weighted by Gasteiger charge is 2.38. The molecule has 2 heterocycles. The van der Waals surface area contributed by atoms with Gasteiger partial charge in [-0.1, -0.05) is 22.9 Å². The van der Waals surface area contributed by atoms with Gasteiger partial charge in [0.1, 0.15) is 5.82 Å². The Labute approximate surface area is 122 Å². The zero-order chi connectivity index (χ0) is 13.5. The summed E-state index contributed by atoms with van der Waals surface area (Å²) in [7, 11) is 0. The van der Waals surface area contributed by atoms with Crippen molar-refractivity contribution in [3.63, 3.8) is 0 Å². The third-order valence-corrected chi connectivity index (χ3v) is 4.91. The van der Waals surface area contributed by atoms with Crippen LogP contribution in [0, 0.1) is 0 Å². The summed E-state index contributed by atoms with van der Waals surface area (Å²) in [5.41, 5.74) is 2.56. The summed E-state index contributed by atoms with van der Waals surface area (Å²) >= 11 is 3.54. The molecule has 0 aliphatic carbocycles. The molecule has 2 aromatic rings. The predicted octanol–water partition coefficient (Wildman–Crippen LogP) is 3.46. The number of rotatable bonds is 3. The minimum Gasteiger partial charge on any atom is -0.328 e. The maximum atomic E-state index is 4.96. The quantitative estimate of drug-likeness (QED) is 0.938. The van der Waals surface area contributed by atoms with Crippen molar-refractivity contribution in [2.75, 3.05) is 13.1 Å². The van der Waals surface area contributed by atoms with E-state index >= 15 is 0 Å². The van der Waals surface area contributed by atoms with Gasteiger partial charge >= 0.3 is 0 Å². The van der Waals surface area contributed by atoms with Gasteiger partial charge in [-0.25, -0.2) is 4.98 Å². The SMILES string of the molecule is CCn1c(C2(CC)CCNC2)nc2cc(Br)ccc21. The number of aromatic nitrogens is 2. The molecule has 1 aromatic carbocycles. The Bertz CT molecular complexity index is 597. The maximum absolute atomic E-state index is 4.96. The molecule has 19 heavy (non-hydrogen) atoms. The zero-order valence-electron chi connectivity index (χ0n) is 11.5. The highest BCUT2D eigenvalue weighted by Crippen LogP contribution is 2.35. The molecule has 0 amide bonds. The van der Waals surface area contributed by atoms with E-state index in [1.165, 1.54) is 17.8 Å². The topological polar surface area (TPSA) is 29.9 Å². The lowest BCUT2D eigenvalue weighted by atomic mass is 9.83. The first-order chi connectivity index (χ1) is 9.20. The molecule has 1 aromatic heterocycles. The summed E-state index contributed by atoms with van der Waals surface area (Å²) in [4.78, 5) is 4.96. The van der Waals surface area contributed by atoms with Crippen molar-refractivity contribution in [3.05, 3.63) is 28.5 Å². The fraction of sp³-hybridized carbons (Fsp3) is 0.533. The van der Waals surface area contributed by atoms with E-state index in [0.29, 0.717) is 0 Å². The van der Waals surface area contributed by atoms with Crippen LogP contribution in [0.2, 0.25) is 0 Å². The minimum atomic E-state index is 0.210. The standard InChI is InChI=1S/C15H20BrN3/c1-3-15(7-8-17-10-15)14-18-12-9-11(16)5-6-13(12)19(14)4-2/h5-6,9,17H,3-4,7-8,10H2,1-2H3. The van der Waals surface area contributed by atoms with Crippen LogP contribution in [0.4, 0.5) is 0 Å². The number of imidazole rings is 1. The number of nitrogens with one attached hydrogen (secondary N) is 1. The Morgan fingerprint density at radius 3 is 2.89 bits per heavy atom. The minimum absolute atomic E-state index is 0.210. The Kier molecular flexibility index (Phi) is 3.39. The van der Waals surface area contributed by atoms with Crippen molar-refractivity contribution < 1.29 is 0 Å². The smallest absolute Gasteiger partial charge is 0.117 e. The van der Waals surface area contributed by atoms with Gasteiger partial charge in [0.15, 0.2) is 0 Å². The molecule has 1 saturated heterocycles. The van der Waals surface area contributed by atoms with Gasteiger partial charge in [0.05, 0.1) is 11.0 Å². The summed E-state index contributed by atoms with van der Waals surface area (Å²) in [6.45, 7) is 7.62. The molecular formula is C15H20BrN3. The average molecular weight is 322 g/mol. The zero-order valence-corrected chi connectivity index (χ0v) is 13.1. The summed E-state index contributed by atoms with van der Waals surface area (Å²) in [6, 6.07) is 6.40. The molecule has 0 saturated carbocycles. The first kappa shape index (κ1) is 13.1. The van der Waals surface area contributed by atoms with E-state index in [1.807, 2.05) is 0 Å². The van der Waals surface area contributed by atoms with Crippen molar-refractivity contribution in [1.29, 1.82) is 0 Å². The molecule has 1 aliphatic rings. The second-order valence-corrected chi connectivity index (χ2v) is 6.29. The number of nitrogens with zero attached hydrogens (tertiary/aromatic N) is 2. The lowest BCUT2D eigenvalue weighted by Gasteiger charge is -2.26. The molecule has 3 rings (SSSR count). The van der Waals surface area contributed by atoms with Crippen molar-refractivity contribution in [1.82, 2.24) is 14.9 Å². The molecule has 1 N–H and O–H groups in total. The molecule has 0 bridgehead atoms. The molecule has 1 aliphatic heterocycles. The normalized spacial score (nSPS) is 23.3. The van der Waals surface area contributed by atoms with Crippen LogP contribution in [0.5, 0.6) is 0 Å². The van der Waals surface area contributed by atoms with Gasteiger partial charge in [-0.15, -0.1) is 0 Å². The third-order valence-electron chi connectivity index (χ3n) is 4.42. The van der Waals surface area contributed by atoms with Crippen LogP contribution < -0.4 is 5.32 Å². The molecule has 1 fully saturated rings. The van der Waals surface area contributed by atoms with E-state index in [2.05, 4.69) is 57.9 Å². The molecular weight excluding hydrogens is 302 g/mol. The highest BCUT2D eigenvalue weighted by molar-refractivity contribution is 9.10. The number of hydrogen-bond acceptors (Lipinski definition) is 2. The molecule has 0 radical (unpaired) electrons. The van der Waals surface area contributed by atoms with Gasteiger partial charge in [0.25, 0.3) is 0 Å². The summed E-state index contributed by atoms with van der Waals surface area (Å²) < 4.78 is 3.49. The van der Waals surface area contributed by atoms with Gasteiger partial charge in [0.2, 0.25) is 0 Å². The third kappa shape index (κ3) is 2.01. The van der Waals surface area contributed by atoms with E-state index < -0.39 is 0 Å². The summed E-state index contributed by atoms with van der Waals surface area (Å²) in [5, 5.41) is 3.51. The van der Waals surface area contributed by atoms with E-state index in [9.17, 15) is 0 Å². The van der Waals surface area contributed by atoms with E-state index in [4.69, 9.17) is 4.98 Å². The van der Waals surface area contributed by atoms with E-state index in [1.54, 1.807) is 0 Å². The monoisotopic (exact) mass is 321 g/mol. The second-order valence-electron chi connectivity index (χ2n) is 5.37. The first-order valence-corrected chi connectivity index (χ1v) is 7.86. The van der Waals surface area contributed by atoms with Crippen molar-refractivity contribution in [2.24, 2.45) is 0 Å². The fourth-order valence-corrected chi connectivity index (χ4v) is 3.57. The van der Waals surface area contributed by atoms with Crippen LogP contribution >= 0.6 is 15.9 Å². The maximum Gasteiger partial charge on any atom is 0.117 e. The number of aryl methyl sites for hydroxylation is 1. The molecule has 102 valence electrons. The van der Waals surface area contributed by atoms with Crippen LogP contribution in [-0.4, -0.2) is 22.6 Å². The molecule has 0 spiro atoms. The first-order valence-electron chi connectivity index (χ1n) is 7.07. The largest absolute Gasteiger partial charge is 0.328 e. The van der Waals surface area contributed by atoms with Gasteiger partial charge in [0, 0.05) is 23.0 Å². The van der Waals surface area contributed by atoms with E-state index in [-0.39, 0.29) is 5.41 Å².